The van der Waals surface area contributed by atoms with Crippen molar-refractivity contribution in [3.63, 3.8) is 0 Å². The van der Waals surface area contributed by atoms with Gasteiger partial charge in [-0.3, -0.25) is 19.3 Å². The van der Waals surface area contributed by atoms with Gasteiger partial charge in [0.05, 0.1) is 5.56 Å². The maximum Gasteiger partial charge on any atom is 0.323 e. The normalized spacial score (nSPS) is 19.9. The van der Waals surface area contributed by atoms with E-state index in [0.29, 0.717) is 16.9 Å². The van der Waals surface area contributed by atoms with Crippen molar-refractivity contribution in [3.05, 3.63) is 69.0 Å². The number of anilines is 1. The third-order valence-electron chi connectivity index (χ3n) is 4.92. The smallest absolute Gasteiger partial charge is 0.323 e. The number of ether oxygens (including phenoxy) is 1. The van der Waals surface area contributed by atoms with Gasteiger partial charge >= 0.3 is 5.97 Å². The summed E-state index contributed by atoms with van der Waals surface area (Å²) in [7, 11) is 0. The van der Waals surface area contributed by atoms with E-state index in [2.05, 4.69) is 4.98 Å². The average molecular weight is 378 g/mol. The number of hydrogen-bond acceptors (Lipinski definition) is 6. The van der Waals surface area contributed by atoms with E-state index in [1.54, 1.807) is 31.2 Å². The van der Waals surface area contributed by atoms with Crippen molar-refractivity contribution in [2.45, 2.75) is 12.3 Å². The fourth-order valence-electron chi connectivity index (χ4n) is 3.94. The van der Waals surface area contributed by atoms with Gasteiger partial charge in [0, 0.05) is 23.0 Å². The number of nitriles is 1. The van der Waals surface area contributed by atoms with Crippen LogP contribution in [0.2, 0.25) is 0 Å². The number of benzene rings is 1. The number of carbonyl (C=O) groups excluding carboxylic acids is 1. The number of aromatic amines is 1. The summed E-state index contributed by atoms with van der Waals surface area (Å²) in [5.41, 5.74) is 4.21. The molecule has 4 rings (SSSR count). The number of rotatable bonds is 2. The monoisotopic (exact) mass is 378 g/mol. The van der Waals surface area contributed by atoms with Gasteiger partial charge in [-0.1, -0.05) is 18.2 Å². The van der Waals surface area contributed by atoms with Crippen molar-refractivity contribution in [1.29, 1.82) is 5.26 Å². The summed E-state index contributed by atoms with van der Waals surface area (Å²) < 4.78 is 5.49. The van der Waals surface area contributed by atoms with Gasteiger partial charge in [0.25, 0.3) is 5.56 Å². The molecular formula is C19H14N4O5. The Labute approximate surface area is 158 Å². The van der Waals surface area contributed by atoms with Crippen molar-refractivity contribution < 1.29 is 19.4 Å². The molecule has 3 heterocycles. The molecule has 1 unspecified atom stereocenters. The van der Waals surface area contributed by atoms with Crippen LogP contribution in [0.1, 0.15) is 16.8 Å². The van der Waals surface area contributed by atoms with E-state index in [1.807, 2.05) is 6.07 Å². The van der Waals surface area contributed by atoms with Crippen LogP contribution in [0.3, 0.4) is 0 Å². The fourth-order valence-corrected chi connectivity index (χ4v) is 3.94. The lowest BCUT2D eigenvalue weighted by Crippen LogP contribution is -2.49. The summed E-state index contributed by atoms with van der Waals surface area (Å²) in [6.45, 7) is 1.01. The molecule has 1 spiro atoms. The van der Waals surface area contributed by atoms with Gasteiger partial charge < -0.3 is 20.6 Å². The number of aliphatic carboxylic acids is 1. The van der Waals surface area contributed by atoms with E-state index in [0.717, 1.165) is 4.90 Å². The molecule has 4 N–H and O–H groups in total. The quantitative estimate of drug-likeness (QED) is 0.688. The molecular weight excluding hydrogens is 364 g/mol. The second-order valence-electron chi connectivity index (χ2n) is 6.53. The van der Waals surface area contributed by atoms with Gasteiger partial charge in [-0.25, -0.2) is 0 Å². The van der Waals surface area contributed by atoms with Crippen LogP contribution >= 0.6 is 0 Å². The SMILES string of the molecule is Cc1cc2c(c(=O)[nH]1)C1(C(=O)N(CC(=O)O)c3ccccc31)C(C#N)=C(N)O2. The Kier molecular flexibility index (Phi) is 3.55. The molecule has 140 valence electrons. The predicted molar refractivity (Wildman–Crippen MR) is 96.5 cm³/mol. The second-order valence-corrected chi connectivity index (χ2v) is 6.53. The first-order chi connectivity index (χ1) is 13.3. The second kappa shape index (κ2) is 5.72. The molecule has 0 bridgehead atoms. The number of carboxylic acid groups (broad SMARTS) is 1. The lowest BCUT2D eigenvalue weighted by molar-refractivity contribution is -0.136. The highest BCUT2D eigenvalue weighted by atomic mass is 16.5. The first-order valence-corrected chi connectivity index (χ1v) is 8.28. The number of nitrogens with two attached hydrogens (primary N) is 1. The van der Waals surface area contributed by atoms with E-state index in [4.69, 9.17) is 10.5 Å². The number of aryl methyl sites for hydroxylation is 1. The highest BCUT2D eigenvalue weighted by Crippen LogP contribution is 2.53. The molecule has 1 aromatic carbocycles. The molecule has 0 aliphatic carbocycles. The molecule has 0 radical (unpaired) electrons. The summed E-state index contributed by atoms with van der Waals surface area (Å²) in [4.78, 5) is 41.5. The molecule has 1 aromatic heterocycles. The van der Waals surface area contributed by atoms with Crippen molar-refractivity contribution in [3.8, 4) is 11.8 Å². The van der Waals surface area contributed by atoms with Crippen molar-refractivity contribution in [2.75, 3.05) is 11.4 Å². The predicted octanol–water partition coefficient (Wildman–Crippen LogP) is 0.487. The summed E-state index contributed by atoms with van der Waals surface area (Å²) in [5, 5.41) is 19.1. The van der Waals surface area contributed by atoms with Gasteiger partial charge in [-0.2, -0.15) is 5.26 Å². The molecule has 0 fully saturated rings. The molecule has 28 heavy (non-hydrogen) atoms. The average Bonchev–Trinajstić information content (AvgIpc) is 2.85. The Morgan fingerprint density at radius 3 is 2.79 bits per heavy atom. The summed E-state index contributed by atoms with van der Waals surface area (Å²) in [6, 6.07) is 9.82. The highest BCUT2D eigenvalue weighted by molar-refractivity contribution is 6.15. The van der Waals surface area contributed by atoms with Crippen LogP contribution in [0.25, 0.3) is 0 Å². The van der Waals surface area contributed by atoms with Crippen molar-refractivity contribution in [2.24, 2.45) is 5.73 Å². The number of hydrogen-bond donors (Lipinski definition) is 3. The zero-order chi connectivity index (χ0) is 20.2. The molecule has 1 atom stereocenters. The van der Waals surface area contributed by atoms with Gasteiger partial charge in [0.15, 0.2) is 5.41 Å². The maximum atomic E-state index is 13.6. The topological polar surface area (TPSA) is 150 Å². The fraction of sp³-hybridized carbons (Fsp3) is 0.158. The Hall–Kier alpha value is -4.06. The Morgan fingerprint density at radius 2 is 2.11 bits per heavy atom. The Balaban J connectivity index is 2.17. The molecule has 2 aromatic rings. The third-order valence-corrected chi connectivity index (χ3v) is 4.92. The van der Waals surface area contributed by atoms with Crippen molar-refractivity contribution >= 4 is 17.6 Å². The number of carboxylic acids is 1. The number of aromatic nitrogens is 1. The number of H-pyrrole nitrogens is 1. The standard InChI is InChI=1S/C19H14N4O5/c1-9-6-13-15(17(26)22-9)19(11(7-20)16(21)28-13)10-4-2-3-5-12(10)23(18(19)27)8-14(24)25/h2-6H,8,21H2,1H3,(H,22,26)(H,24,25). The van der Waals surface area contributed by atoms with Gasteiger partial charge in [-0.15, -0.1) is 0 Å². The van der Waals surface area contributed by atoms with Gasteiger partial charge in [0.2, 0.25) is 11.8 Å². The molecule has 1 amide bonds. The number of nitrogens with one attached hydrogen (secondary N) is 1. The van der Waals surface area contributed by atoms with Crippen LogP contribution in [-0.2, 0) is 15.0 Å². The maximum absolute atomic E-state index is 13.6. The number of fused-ring (bicyclic) bond motifs is 4. The zero-order valence-electron chi connectivity index (χ0n) is 14.6. The number of para-hydroxylation sites is 1. The zero-order valence-corrected chi connectivity index (χ0v) is 14.6. The van der Waals surface area contributed by atoms with E-state index in [9.17, 15) is 24.8 Å². The Bertz CT molecular complexity index is 1190. The lowest BCUT2D eigenvalue weighted by atomic mass is 9.69. The number of carbonyl (C=O) groups is 2. The van der Waals surface area contributed by atoms with Gasteiger partial charge in [0.1, 0.15) is 23.9 Å². The van der Waals surface area contributed by atoms with E-state index in [-0.39, 0.29) is 22.8 Å². The first-order valence-electron chi connectivity index (χ1n) is 8.28. The number of amides is 1. The van der Waals surface area contributed by atoms with Crippen LogP contribution in [-0.4, -0.2) is 28.5 Å². The number of pyridine rings is 1. The summed E-state index contributed by atoms with van der Waals surface area (Å²) >= 11 is 0. The van der Waals surface area contributed by atoms with Crippen LogP contribution in [0.5, 0.6) is 5.75 Å². The lowest BCUT2D eigenvalue weighted by Gasteiger charge is -2.33. The minimum Gasteiger partial charge on any atom is -0.480 e. The Morgan fingerprint density at radius 1 is 1.39 bits per heavy atom. The molecule has 9 nitrogen and oxygen atoms in total. The molecule has 0 saturated heterocycles. The third kappa shape index (κ3) is 2.02. The van der Waals surface area contributed by atoms with E-state index in [1.165, 1.54) is 6.07 Å². The molecule has 0 saturated carbocycles. The first kappa shape index (κ1) is 17.4. The van der Waals surface area contributed by atoms with E-state index >= 15 is 0 Å². The van der Waals surface area contributed by atoms with E-state index < -0.39 is 29.4 Å². The molecule has 2 aliphatic rings. The highest BCUT2D eigenvalue weighted by Gasteiger charge is 2.60. The molecule has 2 aliphatic heterocycles. The van der Waals surface area contributed by atoms with Crippen LogP contribution in [0.4, 0.5) is 5.69 Å². The minimum atomic E-state index is -1.88. The van der Waals surface area contributed by atoms with Crippen molar-refractivity contribution in [1.82, 2.24) is 4.98 Å². The van der Waals surface area contributed by atoms with Crippen LogP contribution < -0.4 is 20.9 Å². The molecule has 9 heteroatoms. The summed E-state index contributed by atoms with van der Waals surface area (Å²) in [6.07, 6.45) is 0. The minimum absolute atomic E-state index is 0.0538. The number of nitrogens with zero attached hydrogens (tertiary/aromatic N) is 2. The summed E-state index contributed by atoms with van der Waals surface area (Å²) in [5.74, 6) is -2.23. The van der Waals surface area contributed by atoms with Crippen LogP contribution in [0, 0.1) is 18.3 Å². The van der Waals surface area contributed by atoms with Gasteiger partial charge in [-0.05, 0) is 13.0 Å². The largest absolute Gasteiger partial charge is 0.480 e. The van der Waals surface area contributed by atoms with Crippen LogP contribution in [0.15, 0.2) is 46.6 Å².